The number of ether oxygens (including phenoxy) is 2. The van der Waals surface area contributed by atoms with E-state index in [4.69, 9.17) is 21.1 Å². The Kier molecular flexibility index (Phi) is 3.86. The molecule has 1 atom stereocenters. The van der Waals surface area contributed by atoms with Gasteiger partial charge in [0.15, 0.2) is 11.5 Å². The molecule has 1 heterocycles. The average molecular weight is 310 g/mol. The van der Waals surface area contributed by atoms with E-state index in [0.29, 0.717) is 17.1 Å². The topological polar surface area (TPSA) is 50.7 Å². The second-order valence-electron chi connectivity index (χ2n) is 4.61. The number of anilines is 1. The summed E-state index contributed by atoms with van der Waals surface area (Å²) in [6.45, 7) is 0.304. The van der Waals surface area contributed by atoms with Crippen molar-refractivity contribution < 1.29 is 19.0 Å². The molecule has 1 aliphatic heterocycles. The SMILES string of the molecule is OC(CNc1c(F)cccc1Cl)c1ccc2c(c1)OCO2. The quantitative estimate of drug-likeness (QED) is 0.909. The largest absolute Gasteiger partial charge is 0.454 e. The number of benzene rings is 2. The van der Waals surface area contributed by atoms with Crippen LogP contribution in [-0.4, -0.2) is 18.4 Å². The zero-order valence-electron chi connectivity index (χ0n) is 11.0. The summed E-state index contributed by atoms with van der Waals surface area (Å²) in [5.41, 5.74) is 0.832. The van der Waals surface area contributed by atoms with E-state index in [0.717, 1.165) is 0 Å². The van der Waals surface area contributed by atoms with E-state index in [9.17, 15) is 9.50 Å². The number of rotatable bonds is 4. The molecule has 0 amide bonds. The van der Waals surface area contributed by atoms with Crippen molar-refractivity contribution in [2.75, 3.05) is 18.7 Å². The molecule has 0 saturated carbocycles. The van der Waals surface area contributed by atoms with Gasteiger partial charge in [0.2, 0.25) is 6.79 Å². The van der Waals surface area contributed by atoms with E-state index in [2.05, 4.69) is 5.32 Å². The second kappa shape index (κ2) is 5.79. The molecule has 0 aromatic heterocycles. The third-order valence-electron chi connectivity index (χ3n) is 3.22. The summed E-state index contributed by atoms with van der Waals surface area (Å²) in [5, 5.41) is 13.3. The maximum absolute atomic E-state index is 13.6. The number of aliphatic hydroxyl groups excluding tert-OH is 1. The maximum Gasteiger partial charge on any atom is 0.231 e. The minimum Gasteiger partial charge on any atom is -0.454 e. The Morgan fingerprint density at radius 1 is 1.24 bits per heavy atom. The van der Waals surface area contributed by atoms with Gasteiger partial charge >= 0.3 is 0 Å². The molecule has 0 spiro atoms. The Hall–Kier alpha value is -1.98. The van der Waals surface area contributed by atoms with E-state index >= 15 is 0 Å². The molecular formula is C15H13ClFNO3. The van der Waals surface area contributed by atoms with Crippen LogP contribution < -0.4 is 14.8 Å². The summed E-state index contributed by atoms with van der Waals surface area (Å²) < 4.78 is 24.1. The van der Waals surface area contributed by atoms with E-state index in [-0.39, 0.29) is 24.0 Å². The van der Waals surface area contributed by atoms with Crippen LogP contribution in [0.25, 0.3) is 0 Å². The maximum atomic E-state index is 13.6. The lowest BCUT2D eigenvalue weighted by Gasteiger charge is -2.15. The number of halogens is 2. The zero-order valence-corrected chi connectivity index (χ0v) is 11.7. The molecule has 2 aromatic carbocycles. The van der Waals surface area contributed by atoms with Gasteiger partial charge in [-0.2, -0.15) is 0 Å². The van der Waals surface area contributed by atoms with Crippen molar-refractivity contribution in [2.24, 2.45) is 0 Å². The lowest BCUT2D eigenvalue weighted by Crippen LogP contribution is -2.13. The van der Waals surface area contributed by atoms with Crippen molar-refractivity contribution in [1.82, 2.24) is 0 Å². The summed E-state index contributed by atoms with van der Waals surface area (Å²) >= 11 is 5.92. The van der Waals surface area contributed by atoms with Crippen LogP contribution in [0.1, 0.15) is 11.7 Å². The zero-order chi connectivity index (χ0) is 14.8. The average Bonchev–Trinajstić information content (AvgIpc) is 2.93. The van der Waals surface area contributed by atoms with Crippen molar-refractivity contribution in [3.63, 3.8) is 0 Å². The van der Waals surface area contributed by atoms with Gasteiger partial charge in [-0.05, 0) is 29.8 Å². The van der Waals surface area contributed by atoms with Gasteiger partial charge in [0.25, 0.3) is 0 Å². The lowest BCUT2D eigenvalue weighted by atomic mass is 10.1. The van der Waals surface area contributed by atoms with Gasteiger partial charge < -0.3 is 19.9 Å². The van der Waals surface area contributed by atoms with Crippen LogP contribution in [-0.2, 0) is 0 Å². The van der Waals surface area contributed by atoms with E-state index < -0.39 is 11.9 Å². The summed E-state index contributed by atoms with van der Waals surface area (Å²) in [6.07, 6.45) is -0.824. The highest BCUT2D eigenvalue weighted by atomic mass is 35.5. The molecule has 0 saturated heterocycles. The van der Waals surface area contributed by atoms with E-state index in [1.54, 1.807) is 24.3 Å². The Morgan fingerprint density at radius 3 is 2.86 bits per heavy atom. The van der Waals surface area contributed by atoms with Crippen molar-refractivity contribution in [1.29, 1.82) is 0 Å². The predicted molar refractivity (Wildman–Crippen MR) is 77.4 cm³/mol. The Bertz CT molecular complexity index is 645. The van der Waals surface area contributed by atoms with Gasteiger partial charge in [-0.3, -0.25) is 0 Å². The molecule has 0 radical (unpaired) electrons. The Morgan fingerprint density at radius 2 is 2.05 bits per heavy atom. The first-order valence-electron chi connectivity index (χ1n) is 6.40. The van der Waals surface area contributed by atoms with Crippen LogP contribution in [0.5, 0.6) is 11.5 Å². The van der Waals surface area contributed by atoms with Crippen molar-refractivity contribution in [3.05, 3.63) is 52.8 Å². The minimum atomic E-state index is -0.824. The van der Waals surface area contributed by atoms with Gasteiger partial charge in [-0.15, -0.1) is 0 Å². The van der Waals surface area contributed by atoms with Gasteiger partial charge in [0.05, 0.1) is 16.8 Å². The highest BCUT2D eigenvalue weighted by Gasteiger charge is 2.17. The minimum absolute atomic E-state index is 0.125. The Balaban J connectivity index is 1.70. The van der Waals surface area contributed by atoms with E-state index in [1.165, 1.54) is 12.1 Å². The monoisotopic (exact) mass is 309 g/mol. The van der Waals surface area contributed by atoms with E-state index in [1.807, 2.05) is 0 Å². The summed E-state index contributed by atoms with van der Waals surface area (Å²) in [4.78, 5) is 0. The highest BCUT2D eigenvalue weighted by Crippen LogP contribution is 2.34. The normalized spacial score (nSPS) is 14.0. The number of hydrogen-bond donors (Lipinski definition) is 2. The third-order valence-corrected chi connectivity index (χ3v) is 3.53. The number of hydrogen-bond acceptors (Lipinski definition) is 4. The summed E-state index contributed by atoms with van der Waals surface area (Å²) in [6, 6.07) is 9.59. The first-order valence-corrected chi connectivity index (χ1v) is 6.78. The molecule has 2 N–H and O–H groups in total. The molecule has 4 nitrogen and oxygen atoms in total. The third kappa shape index (κ3) is 2.89. The fourth-order valence-corrected chi connectivity index (χ4v) is 2.33. The summed E-state index contributed by atoms with van der Waals surface area (Å²) in [5.74, 6) is 0.784. The molecule has 3 rings (SSSR count). The second-order valence-corrected chi connectivity index (χ2v) is 5.01. The van der Waals surface area contributed by atoms with Crippen LogP contribution in [0.2, 0.25) is 5.02 Å². The molecule has 21 heavy (non-hydrogen) atoms. The molecule has 110 valence electrons. The van der Waals surface area contributed by atoms with Gasteiger partial charge in [0.1, 0.15) is 5.82 Å². The molecule has 0 bridgehead atoms. The van der Waals surface area contributed by atoms with Crippen molar-refractivity contribution in [2.45, 2.75) is 6.10 Å². The fraction of sp³-hybridized carbons (Fsp3) is 0.200. The van der Waals surface area contributed by atoms with Crippen LogP contribution in [0.15, 0.2) is 36.4 Å². The first kappa shape index (κ1) is 14.0. The smallest absolute Gasteiger partial charge is 0.231 e. The molecular weight excluding hydrogens is 297 g/mol. The fourth-order valence-electron chi connectivity index (χ4n) is 2.10. The number of aliphatic hydroxyl groups is 1. The van der Waals surface area contributed by atoms with Crippen LogP contribution in [0.3, 0.4) is 0 Å². The number of nitrogens with one attached hydrogen (secondary N) is 1. The molecule has 0 aliphatic carbocycles. The Labute approximate surface area is 126 Å². The predicted octanol–water partition coefficient (Wildman–Crippen LogP) is 3.35. The highest BCUT2D eigenvalue weighted by molar-refractivity contribution is 6.33. The van der Waals surface area contributed by atoms with Crippen LogP contribution in [0, 0.1) is 5.82 Å². The molecule has 0 fully saturated rings. The lowest BCUT2D eigenvalue weighted by molar-refractivity contribution is 0.173. The molecule has 1 aliphatic rings. The molecule has 2 aromatic rings. The van der Waals surface area contributed by atoms with Crippen LogP contribution >= 0.6 is 11.6 Å². The van der Waals surface area contributed by atoms with Gasteiger partial charge in [-0.1, -0.05) is 23.7 Å². The van der Waals surface area contributed by atoms with Gasteiger partial charge in [-0.25, -0.2) is 4.39 Å². The summed E-state index contributed by atoms with van der Waals surface area (Å²) in [7, 11) is 0. The molecule has 1 unspecified atom stereocenters. The first-order chi connectivity index (χ1) is 10.1. The van der Waals surface area contributed by atoms with Crippen LogP contribution in [0.4, 0.5) is 10.1 Å². The van der Waals surface area contributed by atoms with Crippen molar-refractivity contribution >= 4 is 17.3 Å². The molecule has 6 heteroatoms. The van der Waals surface area contributed by atoms with Gasteiger partial charge in [0, 0.05) is 6.54 Å². The number of para-hydroxylation sites is 1. The standard InChI is InChI=1S/C15H13ClFNO3/c16-10-2-1-3-11(17)15(10)18-7-12(19)9-4-5-13-14(6-9)21-8-20-13/h1-6,12,18-19H,7-8H2. The number of fused-ring (bicyclic) bond motifs is 1. The van der Waals surface area contributed by atoms with Crippen molar-refractivity contribution in [3.8, 4) is 11.5 Å².